The Morgan fingerprint density at radius 3 is 3.00 bits per heavy atom. The quantitative estimate of drug-likeness (QED) is 0.754. The molecule has 1 unspecified atom stereocenters. The van der Waals surface area contributed by atoms with Crippen molar-refractivity contribution >= 4 is 21.6 Å². The Balaban J connectivity index is 2.15. The van der Waals surface area contributed by atoms with E-state index in [1.54, 1.807) is 0 Å². The number of ether oxygens (including phenoxy) is 1. The average Bonchev–Trinajstić information content (AvgIpc) is 2.30. The van der Waals surface area contributed by atoms with Crippen LogP contribution in [0.5, 0.6) is 0 Å². The van der Waals surface area contributed by atoms with E-state index < -0.39 is 0 Å². The van der Waals surface area contributed by atoms with Crippen LogP contribution >= 0.6 is 15.9 Å². The largest absolute Gasteiger partial charge is 0.377 e. The van der Waals surface area contributed by atoms with Gasteiger partial charge < -0.3 is 9.64 Å². The molecule has 1 atom stereocenters. The monoisotopic (exact) mass is 256 g/mol. The highest BCUT2D eigenvalue weighted by Crippen LogP contribution is 2.19. The van der Waals surface area contributed by atoms with E-state index >= 15 is 0 Å². The third-order valence-electron chi connectivity index (χ3n) is 2.40. The summed E-state index contributed by atoms with van der Waals surface area (Å²) in [6.45, 7) is 2.57. The standard InChI is InChI=1S/C10H13BrN2O/c11-7-10-8-14-6-5-13(10)9-1-3-12-4-2-9/h1-4,10H,5-8H2. The fourth-order valence-electron chi connectivity index (χ4n) is 1.66. The number of hydrogen-bond donors (Lipinski definition) is 0. The van der Waals surface area contributed by atoms with Crippen molar-refractivity contribution in [3.05, 3.63) is 24.5 Å². The summed E-state index contributed by atoms with van der Waals surface area (Å²) in [5, 5.41) is 0.940. The SMILES string of the molecule is BrCC1COCCN1c1ccncc1. The number of anilines is 1. The Labute approximate surface area is 92.2 Å². The zero-order valence-corrected chi connectivity index (χ0v) is 9.48. The van der Waals surface area contributed by atoms with Gasteiger partial charge >= 0.3 is 0 Å². The maximum atomic E-state index is 5.44. The molecule has 14 heavy (non-hydrogen) atoms. The van der Waals surface area contributed by atoms with Gasteiger partial charge in [-0.15, -0.1) is 0 Å². The zero-order chi connectivity index (χ0) is 9.80. The van der Waals surface area contributed by atoms with Crippen LogP contribution in [-0.2, 0) is 4.74 Å². The van der Waals surface area contributed by atoms with E-state index in [1.807, 2.05) is 24.5 Å². The van der Waals surface area contributed by atoms with E-state index in [1.165, 1.54) is 5.69 Å². The fraction of sp³-hybridized carbons (Fsp3) is 0.500. The highest BCUT2D eigenvalue weighted by Gasteiger charge is 2.21. The molecule has 2 rings (SSSR count). The summed E-state index contributed by atoms with van der Waals surface area (Å²) in [6, 6.07) is 4.52. The van der Waals surface area contributed by atoms with Gasteiger partial charge in [0, 0.05) is 30.0 Å². The second-order valence-corrected chi connectivity index (χ2v) is 3.93. The number of rotatable bonds is 2. The van der Waals surface area contributed by atoms with Gasteiger partial charge in [0.1, 0.15) is 0 Å². The van der Waals surface area contributed by atoms with Gasteiger partial charge in [-0.3, -0.25) is 4.98 Å². The van der Waals surface area contributed by atoms with Crippen molar-refractivity contribution in [2.45, 2.75) is 6.04 Å². The highest BCUT2D eigenvalue weighted by atomic mass is 79.9. The molecule has 0 aromatic carbocycles. The van der Waals surface area contributed by atoms with Gasteiger partial charge in [-0.05, 0) is 12.1 Å². The Kier molecular flexibility index (Phi) is 3.37. The first-order valence-corrected chi connectivity index (χ1v) is 5.84. The Morgan fingerprint density at radius 1 is 1.50 bits per heavy atom. The van der Waals surface area contributed by atoms with Crippen LogP contribution in [0.15, 0.2) is 24.5 Å². The van der Waals surface area contributed by atoms with Gasteiger partial charge in [-0.1, -0.05) is 15.9 Å². The molecule has 4 heteroatoms. The van der Waals surface area contributed by atoms with Crippen molar-refractivity contribution in [1.82, 2.24) is 4.98 Å². The minimum absolute atomic E-state index is 0.436. The number of alkyl halides is 1. The van der Waals surface area contributed by atoms with Crippen LogP contribution in [-0.4, -0.2) is 36.1 Å². The maximum Gasteiger partial charge on any atom is 0.0679 e. The minimum atomic E-state index is 0.436. The number of pyridine rings is 1. The molecule has 0 N–H and O–H groups in total. The third kappa shape index (κ3) is 2.07. The van der Waals surface area contributed by atoms with E-state index in [-0.39, 0.29) is 0 Å². The summed E-state index contributed by atoms with van der Waals surface area (Å²) in [4.78, 5) is 6.38. The first-order chi connectivity index (χ1) is 6.92. The van der Waals surface area contributed by atoms with Crippen molar-refractivity contribution in [2.75, 3.05) is 30.0 Å². The van der Waals surface area contributed by atoms with Gasteiger partial charge in [-0.2, -0.15) is 0 Å². The van der Waals surface area contributed by atoms with Gasteiger partial charge in [0.05, 0.1) is 19.3 Å². The Hall–Kier alpha value is -0.610. The molecule has 1 aliphatic heterocycles. The Morgan fingerprint density at radius 2 is 2.29 bits per heavy atom. The van der Waals surface area contributed by atoms with Crippen LogP contribution in [0.2, 0.25) is 0 Å². The number of hydrogen-bond acceptors (Lipinski definition) is 3. The predicted molar refractivity (Wildman–Crippen MR) is 60.0 cm³/mol. The molecule has 3 nitrogen and oxygen atoms in total. The first-order valence-electron chi connectivity index (χ1n) is 4.72. The molecule has 1 saturated heterocycles. The second-order valence-electron chi connectivity index (χ2n) is 3.28. The van der Waals surface area contributed by atoms with Gasteiger partial charge in [0.2, 0.25) is 0 Å². The highest BCUT2D eigenvalue weighted by molar-refractivity contribution is 9.09. The van der Waals surface area contributed by atoms with E-state index in [9.17, 15) is 0 Å². The molecule has 0 spiro atoms. The smallest absolute Gasteiger partial charge is 0.0679 e. The molecule has 1 aromatic rings. The number of aromatic nitrogens is 1. The van der Waals surface area contributed by atoms with E-state index in [0.29, 0.717) is 6.04 Å². The normalized spacial score (nSPS) is 22.4. The van der Waals surface area contributed by atoms with Crippen LogP contribution in [0.3, 0.4) is 0 Å². The lowest BCUT2D eigenvalue weighted by Gasteiger charge is -2.36. The lowest BCUT2D eigenvalue weighted by molar-refractivity contribution is 0.100. The van der Waals surface area contributed by atoms with Crippen LogP contribution < -0.4 is 4.90 Å². The van der Waals surface area contributed by atoms with Crippen molar-refractivity contribution in [2.24, 2.45) is 0 Å². The molecule has 1 fully saturated rings. The summed E-state index contributed by atoms with van der Waals surface area (Å²) < 4.78 is 5.44. The van der Waals surface area contributed by atoms with E-state index in [2.05, 4.69) is 25.8 Å². The first kappa shape index (κ1) is 9.93. The fourth-order valence-corrected chi connectivity index (χ4v) is 2.19. The predicted octanol–water partition coefficient (Wildman–Crippen LogP) is 1.68. The summed E-state index contributed by atoms with van der Waals surface area (Å²) in [5.41, 5.74) is 1.23. The molecule has 0 bridgehead atoms. The summed E-state index contributed by atoms with van der Waals surface area (Å²) in [6.07, 6.45) is 3.66. The van der Waals surface area contributed by atoms with Crippen molar-refractivity contribution in [3.8, 4) is 0 Å². The minimum Gasteiger partial charge on any atom is -0.377 e. The van der Waals surface area contributed by atoms with Crippen LogP contribution in [0.4, 0.5) is 5.69 Å². The molecule has 76 valence electrons. The molecule has 0 radical (unpaired) electrons. The van der Waals surface area contributed by atoms with E-state index in [4.69, 9.17) is 4.74 Å². The van der Waals surface area contributed by atoms with Gasteiger partial charge in [-0.25, -0.2) is 0 Å². The molecule has 1 aromatic heterocycles. The molecule has 2 heterocycles. The number of halogens is 1. The molecular weight excluding hydrogens is 244 g/mol. The topological polar surface area (TPSA) is 25.4 Å². The summed E-state index contributed by atoms with van der Waals surface area (Å²) in [5.74, 6) is 0. The van der Waals surface area contributed by atoms with Crippen molar-refractivity contribution < 1.29 is 4.74 Å². The molecule has 0 aliphatic carbocycles. The Bertz CT molecular complexity index is 281. The number of morpholine rings is 1. The van der Waals surface area contributed by atoms with E-state index in [0.717, 1.165) is 25.1 Å². The summed E-state index contributed by atoms with van der Waals surface area (Å²) >= 11 is 3.51. The van der Waals surface area contributed by atoms with Crippen LogP contribution in [0, 0.1) is 0 Å². The molecular formula is C10H13BrN2O. The lowest BCUT2D eigenvalue weighted by Crippen LogP contribution is -2.46. The van der Waals surface area contributed by atoms with Crippen molar-refractivity contribution in [3.63, 3.8) is 0 Å². The summed E-state index contributed by atoms with van der Waals surface area (Å²) in [7, 11) is 0. The van der Waals surface area contributed by atoms with Gasteiger partial charge in [0.25, 0.3) is 0 Å². The zero-order valence-electron chi connectivity index (χ0n) is 7.90. The van der Waals surface area contributed by atoms with Crippen LogP contribution in [0.25, 0.3) is 0 Å². The van der Waals surface area contributed by atoms with Crippen LogP contribution in [0.1, 0.15) is 0 Å². The molecule has 1 aliphatic rings. The maximum absolute atomic E-state index is 5.44. The second kappa shape index (κ2) is 4.75. The number of nitrogens with zero attached hydrogens (tertiary/aromatic N) is 2. The average molecular weight is 257 g/mol. The lowest BCUT2D eigenvalue weighted by atomic mass is 10.2. The third-order valence-corrected chi connectivity index (χ3v) is 3.15. The van der Waals surface area contributed by atoms with Gasteiger partial charge in [0.15, 0.2) is 0 Å². The van der Waals surface area contributed by atoms with Crippen molar-refractivity contribution in [1.29, 1.82) is 0 Å². The molecule has 0 saturated carbocycles. The molecule has 0 amide bonds.